The first kappa shape index (κ1) is 20.3. The number of aromatic nitrogens is 2. The summed E-state index contributed by atoms with van der Waals surface area (Å²) in [5.74, 6) is 0.136. The van der Waals surface area contributed by atoms with Gasteiger partial charge in [-0.2, -0.15) is 5.10 Å². The number of carbonyl (C=O) groups excluding carboxylic acids is 1. The van der Waals surface area contributed by atoms with Gasteiger partial charge in [-0.15, -0.1) is 0 Å². The second-order valence-electron chi connectivity index (χ2n) is 7.98. The average molecular weight is 377 g/mol. The molecule has 3 rings (SSSR count). The Bertz CT molecular complexity index is 614. The molecule has 1 atom stereocenters. The number of piperidine rings is 1. The van der Waals surface area contributed by atoms with Gasteiger partial charge in [-0.1, -0.05) is 13.3 Å². The van der Waals surface area contributed by atoms with Crippen molar-refractivity contribution in [1.82, 2.24) is 20.0 Å². The molecule has 0 radical (unpaired) electrons. The third-order valence-electron chi connectivity index (χ3n) is 5.89. The molecule has 1 N–H and O–H groups in total. The summed E-state index contributed by atoms with van der Waals surface area (Å²) in [5.41, 5.74) is 3.59. The number of fused-ring (bicyclic) bond motifs is 1. The molecular formula is C21H36N4O2. The molecule has 0 bridgehead atoms. The summed E-state index contributed by atoms with van der Waals surface area (Å²) < 4.78 is 7.75. The van der Waals surface area contributed by atoms with Crippen LogP contribution in [0.25, 0.3) is 0 Å². The van der Waals surface area contributed by atoms with Crippen molar-refractivity contribution >= 4 is 5.91 Å². The predicted molar refractivity (Wildman–Crippen MR) is 107 cm³/mol. The van der Waals surface area contributed by atoms with E-state index in [0.29, 0.717) is 25.5 Å². The maximum atomic E-state index is 12.2. The Kier molecular flexibility index (Phi) is 7.70. The molecule has 0 spiro atoms. The standard InChI is InChI=1S/C21H36N4O2/c1-3-12-25-20-10-15-27-16-18(20)19(23-25)8-9-21(26)22-11-6-14-24-13-5-4-7-17(24)2/h17H,3-16H2,1-2H3,(H,22,26). The highest BCUT2D eigenvalue weighted by Crippen LogP contribution is 2.22. The zero-order chi connectivity index (χ0) is 19.1. The number of carbonyl (C=O) groups is 1. The third kappa shape index (κ3) is 5.55. The van der Waals surface area contributed by atoms with E-state index in [1.54, 1.807) is 0 Å². The predicted octanol–water partition coefficient (Wildman–Crippen LogP) is 2.68. The van der Waals surface area contributed by atoms with Crippen molar-refractivity contribution in [2.24, 2.45) is 0 Å². The lowest BCUT2D eigenvalue weighted by atomic mass is 10.0. The van der Waals surface area contributed by atoms with Gasteiger partial charge in [0.15, 0.2) is 0 Å². The van der Waals surface area contributed by atoms with Gasteiger partial charge >= 0.3 is 0 Å². The Hall–Kier alpha value is -1.40. The molecule has 0 saturated carbocycles. The highest BCUT2D eigenvalue weighted by atomic mass is 16.5. The van der Waals surface area contributed by atoms with Crippen LogP contribution in [0.15, 0.2) is 0 Å². The maximum absolute atomic E-state index is 12.2. The van der Waals surface area contributed by atoms with Crippen molar-refractivity contribution in [1.29, 1.82) is 0 Å². The van der Waals surface area contributed by atoms with Gasteiger partial charge in [0.1, 0.15) is 0 Å². The summed E-state index contributed by atoms with van der Waals surface area (Å²) >= 11 is 0. The smallest absolute Gasteiger partial charge is 0.220 e. The van der Waals surface area contributed by atoms with Crippen LogP contribution in [0.2, 0.25) is 0 Å². The minimum atomic E-state index is 0.136. The lowest BCUT2D eigenvalue weighted by molar-refractivity contribution is -0.121. The number of aryl methyl sites for hydroxylation is 2. The molecule has 3 heterocycles. The first-order valence-corrected chi connectivity index (χ1v) is 10.8. The second-order valence-corrected chi connectivity index (χ2v) is 7.98. The monoisotopic (exact) mass is 376 g/mol. The SMILES string of the molecule is CCCn1nc(CCC(=O)NCCCN2CCCCC2C)c2c1CCOC2. The van der Waals surface area contributed by atoms with E-state index in [1.807, 2.05) is 0 Å². The van der Waals surface area contributed by atoms with Crippen molar-refractivity contribution in [3.05, 3.63) is 17.0 Å². The Balaban J connectivity index is 1.40. The van der Waals surface area contributed by atoms with E-state index >= 15 is 0 Å². The number of hydrogen-bond donors (Lipinski definition) is 1. The van der Waals surface area contributed by atoms with Gasteiger partial charge in [-0.05, 0) is 39.2 Å². The maximum Gasteiger partial charge on any atom is 0.220 e. The molecule has 1 fully saturated rings. The van der Waals surface area contributed by atoms with E-state index in [2.05, 4.69) is 28.7 Å². The number of likely N-dealkylation sites (tertiary alicyclic amines) is 1. The van der Waals surface area contributed by atoms with Crippen molar-refractivity contribution in [2.45, 2.75) is 84.4 Å². The van der Waals surface area contributed by atoms with Gasteiger partial charge in [-0.3, -0.25) is 9.48 Å². The quantitative estimate of drug-likeness (QED) is 0.673. The molecular weight excluding hydrogens is 340 g/mol. The summed E-state index contributed by atoms with van der Waals surface area (Å²) in [6.45, 7) is 9.93. The molecule has 1 aromatic rings. The topological polar surface area (TPSA) is 59.4 Å². The van der Waals surface area contributed by atoms with Gasteiger partial charge in [0.25, 0.3) is 0 Å². The molecule has 6 heteroatoms. The summed E-state index contributed by atoms with van der Waals surface area (Å²) in [5, 5.41) is 7.86. The van der Waals surface area contributed by atoms with Crippen molar-refractivity contribution in [2.75, 3.05) is 26.2 Å². The second kappa shape index (κ2) is 10.2. The normalized spacial score (nSPS) is 20.4. The van der Waals surface area contributed by atoms with Crippen molar-refractivity contribution < 1.29 is 9.53 Å². The third-order valence-corrected chi connectivity index (χ3v) is 5.89. The van der Waals surface area contributed by atoms with Crippen LogP contribution in [0, 0.1) is 0 Å². The number of amides is 1. The zero-order valence-electron chi connectivity index (χ0n) is 17.1. The van der Waals surface area contributed by atoms with Crippen LogP contribution in [0.4, 0.5) is 0 Å². The number of nitrogens with one attached hydrogen (secondary N) is 1. The average Bonchev–Trinajstić information content (AvgIpc) is 3.03. The van der Waals surface area contributed by atoms with Gasteiger partial charge < -0.3 is 15.0 Å². The van der Waals surface area contributed by atoms with Crippen LogP contribution in [0.5, 0.6) is 0 Å². The molecule has 0 aromatic carbocycles. The first-order chi connectivity index (χ1) is 13.2. The molecule has 0 aliphatic carbocycles. The molecule has 6 nitrogen and oxygen atoms in total. The largest absolute Gasteiger partial charge is 0.376 e. The van der Waals surface area contributed by atoms with E-state index in [0.717, 1.165) is 51.2 Å². The van der Waals surface area contributed by atoms with Crippen molar-refractivity contribution in [3.8, 4) is 0 Å². The van der Waals surface area contributed by atoms with Crippen LogP contribution in [-0.4, -0.2) is 52.9 Å². The molecule has 1 aromatic heterocycles. The Labute approximate surface area is 163 Å². The minimum Gasteiger partial charge on any atom is -0.376 e. The van der Waals surface area contributed by atoms with Crippen LogP contribution < -0.4 is 5.32 Å². The molecule has 2 aliphatic heterocycles. The molecule has 152 valence electrons. The number of hydrogen-bond acceptors (Lipinski definition) is 4. The summed E-state index contributed by atoms with van der Waals surface area (Å²) in [6.07, 6.45) is 8.24. The Morgan fingerprint density at radius 1 is 1.33 bits per heavy atom. The summed E-state index contributed by atoms with van der Waals surface area (Å²) in [7, 11) is 0. The fraction of sp³-hybridized carbons (Fsp3) is 0.810. The lowest BCUT2D eigenvalue weighted by Gasteiger charge is -2.33. The Morgan fingerprint density at radius 3 is 3.04 bits per heavy atom. The fourth-order valence-electron chi connectivity index (χ4n) is 4.30. The minimum absolute atomic E-state index is 0.136. The van der Waals surface area contributed by atoms with E-state index < -0.39 is 0 Å². The fourth-order valence-corrected chi connectivity index (χ4v) is 4.30. The van der Waals surface area contributed by atoms with Crippen molar-refractivity contribution in [3.63, 3.8) is 0 Å². The highest BCUT2D eigenvalue weighted by molar-refractivity contribution is 5.76. The van der Waals surface area contributed by atoms with E-state index in [1.165, 1.54) is 37.1 Å². The van der Waals surface area contributed by atoms with E-state index in [9.17, 15) is 4.79 Å². The van der Waals surface area contributed by atoms with E-state index in [4.69, 9.17) is 9.84 Å². The zero-order valence-corrected chi connectivity index (χ0v) is 17.1. The lowest BCUT2D eigenvalue weighted by Crippen LogP contribution is -2.39. The Morgan fingerprint density at radius 2 is 2.22 bits per heavy atom. The van der Waals surface area contributed by atoms with Gasteiger partial charge in [-0.25, -0.2) is 0 Å². The molecule has 2 aliphatic rings. The summed E-state index contributed by atoms with van der Waals surface area (Å²) in [4.78, 5) is 14.8. The van der Waals surface area contributed by atoms with Crippen LogP contribution in [0.1, 0.15) is 69.3 Å². The summed E-state index contributed by atoms with van der Waals surface area (Å²) in [6, 6.07) is 0.695. The number of ether oxygens (including phenoxy) is 1. The molecule has 1 unspecified atom stereocenters. The van der Waals surface area contributed by atoms with Crippen LogP contribution >= 0.6 is 0 Å². The molecule has 27 heavy (non-hydrogen) atoms. The molecule has 1 amide bonds. The number of nitrogens with zero attached hydrogens (tertiary/aromatic N) is 3. The van der Waals surface area contributed by atoms with Gasteiger partial charge in [0, 0.05) is 56.2 Å². The van der Waals surface area contributed by atoms with Gasteiger partial charge in [0.2, 0.25) is 5.91 Å². The van der Waals surface area contributed by atoms with Crippen LogP contribution in [-0.2, 0) is 35.5 Å². The number of rotatable bonds is 9. The van der Waals surface area contributed by atoms with Crippen LogP contribution in [0.3, 0.4) is 0 Å². The first-order valence-electron chi connectivity index (χ1n) is 10.8. The highest BCUT2D eigenvalue weighted by Gasteiger charge is 2.21. The van der Waals surface area contributed by atoms with E-state index in [-0.39, 0.29) is 5.91 Å². The van der Waals surface area contributed by atoms with Gasteiger partial charge in [0.05, 0.1) is 18.9 Å². The molecule has 1 saturated heterocycles.